The average Bonchev–Trinajstić information content (AvgIpc) is 3.22. The van der Waals surface area contributed by atoms with Crippen LogP contribution in [0.15, 0.2) is 60.8 Å². The second-order valence-electron chi connectivity index (χ2n) is 6.97. The minimum Gasteiger partial charge on any atom is -0.378 e. The van der Waals surface area contributed by atoms with Crippen molar-refractivity contribution < 1.29 is 9.53 Å². The Kier molecular flexibility index (Phi) is 4.25. The van der Waals surface area contributed by atoms with Crippen LogP contribution in [-0.2, 0) is 11.2 Å². The molecule has 5 rings (SSSR count). The fraction of sp³-hybridized carbons (Fsp3) is 0.227. The lowest BCUT2D eigenvalue weighted by atomic mass is 10.0. The number of Topliss-reactive ketones (excluding diaryl/α,β-unsaturated/α-hetero) is 1. The molecule has 0 N–H and O–H groups in total. The first-order valence-electron chi connectivity index (χ1n) is 9.46. The Morgan fingerprint density at radius 3 is 2.68 bits per heavy atom. The van der Waals surface area contributed by atoms with E-state index in [9.17, 15) is 4.79 Å². The summed E-state index contributed by atoms with van der Waals surface area (Å²) < 4.78 is 7.29. The van der Waals surface area contributed by atoms with E-state index < -0.39 is 0 Å². The van der Waals surface area contributed by atoms with Crippen LogP contribution in [0.5, 0.6) is 0 Å². The van der Waals surface area contributed by atoms with Gasteiger partial charge >= 0.3 is 0 Å². The predicted octanol–water partition coefficient (Wildman–Crippen LogP) is 3.14. The fourth-order valence-corrected chi connectivity index (χ4v) is 3.68. The zero-order chi connectivity index (χ0) is 18.9. The van der Waals surface area contributed by atoms with Crippen LogP contribution in [0.25, 0.3) is 16.4 Å². The number of fused-ring (bicyclic) bond motifs is 2. The summed E-state index contributed by atoms with van der Waals surface area (Å²) in [6.45, 7) is 2.99. The van der Waals surface area contributed by atoms with E-state index in [-0.39, 0.29) is 12.2 Å². The molecule has 0 amide bonds. The maximum atomic E-state index is 12.9. The number of rotatable bonds is 4. The Balaban J connectivity index is 1.47. The van der Waals surface area contributed by atoms with E-state index in [4.69, 9.17) is 4.74 Å². The van der Waals surface area contributed by atoms with Crippen LogP contribution < -0.4 is 4.90 Å². The van der Waals surface area contributed by atoms with Crippen molar-refractivity contribution in [2.24, 2.45) is 0 Å². The van der Waals surface area contributed by atoms with Crippen molar-refractivity contribution in [1.82, 2.24) is 14.6 Å². The molecule has 3 heterocycles. The highest BCUT2D eigenvalue weighted by Gasteiger charge is 2.18. The second kappa shape index (κ2) is 7.05. The highest BCUT2D eigenvalue weighted by Crippen LogP contribution is 2.21. The molecule has 1 aliphatic rings. The van der Waals surface area contributed by atoms with Gasteiger partial charge in [0.1, 0.15) is 5.82 Å². The topological polar surface area (TPSA) is 59.7 Å². The number of carbonyl (C=O) groups excluding carboxylic acids is 1. The molecule has 140 valence electrons. The number of carbonyl (C=O) groups is 1. The number of aromatic nitrogens is 3. The zero-order valence-electron chi connectivity index (χ0n) is 15.4. The molecule has 0 saturated carbocycles. The van der Waals surface area contributed by atoms with Crippen molar-refractivity contribution in [3.8, 4) is 0 Å². The summed E-state index contributed by atoms with van der Waals surface area (Å²) in [6.07, 6.45) is 2.00. The lowest BCUT2D eigenvalue weighted by Gasteiger charge is -2.29. The van der Waals surface area contributed by atoms with Crippen LogP contribution in [0, 0.1) is 0 Å². The molecule has 6 nitrogen and oxygen atoms in total. The van der Waals surface area contributed by atoms with E-state index in [0.29, 0.717) is 18.8 Å². The summed E-state index contributed by atoms with van der Waals surface area (Å²) in [6, 6.07) is 17.8. The highest BCUT2D eigenvalue weighted by molar-refractivity contribution is 6.00. The van der Waals surface area contributed by atoms with E-state index in [0.717, 1.165) is 41.0 Å². The molecule has 0 spiro atoms. The Labute approximate surface area is 162 Å². The minimum absolute atomic E-state index is 0.0649. The molecule has 0 atom stereocenters. The molecule has 28 heavy (non-hydrogen) atoms. The first-order chi connectivity index (χ1) is 13.8. The zero-order valence-corrected chi connectivity index (χ0v) is 15.4. The fourth-order valence-electron chi connectivity index (χ4n) is 3.68. The van der Waals surface area contributed by atoms with E-state index in [1.54, 1.807) is 6.20 Å². The third kappa shape index (κ3) is 3.12. The summed E-state index contributed by atoms with van der Waals surface area (Å²) in [5.41, 5.74) is 2.22. The molecule has 1 saturated heterocycles. The molecule has 0 unspecified atom stereocenters. The summed E-state index contributed by atoms with van der Waals surface area (Å²) in [5, 5.41) is 6.60. The molecule has 0 aliphatic carbocycles. The minimum atomic E-state index is 0.0649. The van der Waals surface area contributed by atoms with Crippen molar-refractivity contribution in [3.63, 3.8) is 0 Å². The largest absolute Gasteiger partial charge is 0.378 e. The van der Waals surface area contributed by atoms with Crippen molar-refractivity contribution >= 4 is 28.0 Å². The molecule has 2 aromatic carbocycles. The van der Waals surface area contributed by atoms with E-state index in [1.807, 2.05) is 59.1 Å². The third-order valence-electron chi connectivity index (χ3n) is 5.14. The first-order valence-corrected chi connectivity index (χ1v) is 9.46. The Bertz CT molecular complexity index is 1160. The van der Waals surface area contributed by atoms with Gasteiger partial charge in [-0.05, 0) is 16.8 Å². The number of benzene rings is 2. The van der Waals surface area contributed by atoms with Gasteiger partial charge in [0.15, 0.2) is 11.4 Å². The van der Waals surface area contributed by atoms with Gasteiger partial charge in [0, 0.05) is 30.8 Å². The lowest BCUT2D eigenvalue weighted by molar-refractivity contribution is 0.0992. The SMILES string of the molecule is O=C(Cc1cc(N2CCOCC2)n2nccc2n1)c1ccc2ccccc2c1. The van der Waals surface area contributed by atoms with Gasteiger partial charge < -0.3 is 9.64 Å². The normalized spacial score (nSPS) is 14.6. The second-order valence-corrected chi connectivity index (χ2v) is 6.97. The van der Waals surface area contributed by atoms with Crippen molar-refractivity contribution in [3.05, 3.63) is 72.1 Å². The van der Waals surface area contributed by atoms with Gasteiger partial charge in [-0.1, -0.05) is 36.4 Å². The van der Waals surface area contributed by atoms with Crippen LogP contribution in [0.3, 0.4) is 0 Å². The summed E-state index contributed by atoms with van der Waals surface area (Å²) in [7, 11) is 0. The monoisotopic (exact) mass is 372 g/mol. The first kappa shape index (κ1) is 16.9. The van der Waals surface area contributed by atoms with Gasteiger partial charge in [0.25, 0.3) is 0 Å². The predicted molar refractivity (Wildman–Crippen MR) is 108 cm³/mol. The molecule has 0 radical (unpaired) electrons. The maximum absolute atomic E-state index is 12.9. The van der Waals surface area contributed by atoms with Crippen molar-refractivity contribution in [2.45, 2.75) is 6.42 Å². The van der Waals surface area contributed by atoms with Crippen molar-refractivity contribution in [1.29, 1.82) is 0 Å². The number of morpholine rings is 1. The number of hydrogen-bond acceptors (Lipinski definition) is 5. The Morgan fingerprint density at radius 2 is 1.82 bits per heavy atom. The van der Waals surface area contributed by atoms with E-state index in [1.165, 1.54) is 0 Å². The third-order valence-corrected chi connectivity index (χ3v) is 5.14. The van der Waals surface area contributed by atoms with Crippen molar-refractivity contribution in [2.75, 3.05) is 31.2 Å². The summed E-state index contributed by atoms with van der Waals surface area (Å²) >= 11 is 0. The van der Waals surface area contributed by atoms with Crippen LogP contribution in [0.1, 0.15) is 16.1 Å². The Hall–Kier alpha value is -3.25. The smallest absolute Gasteiger partial charge is 0.168 e. The highest BCUT2D eigenvalue weighted by atomic mass is 16.5. The van der Waals surface area contributed by atoms with Gasteiger partial charge in [-0.15, -0.1) is 0 Å². The summed E-state index contributed by atoms with van der Waals surface area (Å²) in [4.78, 5) is 19.8. The number of hydrogen-bond donors (Lipinski definition) is 0. The van der Waals surface area contributed by atoms with Crippen LogP contribution >= 0.6 is 0 Å². The van der Waals surface area contributed by atoms with Crippen LogP contribution in [0.2, 0.25) is 0 Å². The average molecular weight is 372 g/mol. The Morgan fingerprint density at radius 1 is 1.00 bits per heavy atom. The van der Waals surface area contributed by atoms with Gasteiger partial charge in [-0.25, -0.2) is 4.98 Å². The standard InChI is InChI=1S/C22H20N4O2/c27-20(18-6-5-16-3-1-2-4-17(16)13-18)14-19-15-22(25-9-11-28-12-10-25)26-21(24-19)7-8-23-26/h1-8,13,15H,9-12,14H2. The molecule has 1 aliphatic heterocycles. The van der Waals surface area contributed by atoms with Gasteiger partial charge in [-0.2, -0.15) is 9.61 Å². The lowest BCUT2D eigenvalue weighted by Crippen LogP contribution is -2.37. The van der Waals surface area contributed by atoms with Crippen LogP contribution in [-0.4, -0.2) is 46.7 Å². The van der Waals surface area contributed by atoms with Gasteiger partial charge in [0.05, 0.1) is 31.5 Å². The molecule has 4 aromatic rings. The van der Waals surface area contributed by atoms with Gasteiger partial charge in [0.2, 0.25) is 0 Å². The van der Waals surface area contributed by atoms with E-state index >= 15 is 0 Å². The molecular formula is C22H20N4O2. The summed E-state index contributed by atoms with van der Waals surface area (Å²) in [5.74, 6) is 1.02. The molecule has 6 heteroatoms. The molecule has 2 aromatic heterocycles. The van der Waals surface area contributed by atoms with Crippen LogP contribution in [0.4, 0.5) is 5.82 Å². The van der Waals surface area contributed by atoms with E-state index in [2.05, 4.69) is 15.0 Å². The quantitative estimate of drug-likeness (QED) is 0.515. The molecule has 0 bridgehead atoms. The number of ketones is 1. The number of ether oxygens (including phenoxy) is 1. The maximum Gasteiger partial charge on any atom is 0.168 e. The molecule has 1 fully saturated rings. The van der Waals surface area contributed by atoms with Gasteiger partial charge in [-0.3, -0.25) is 4.79 Å². The number of nitrogens with zero attached hydrogens (tertiary/aromatic N) is 4. The number of anilines is 1. The molecular weight excluding hydrogens is 352 g/mol.